The third-order valence-electron chi connectivity index (χ3n) is 5.25. The van der Waals surface area contributed by atoms with Gasteiger partial charge in [0.25, 0.3) is 0 Å². The molecule has 120 valence electrons. The molecule has 1 fully saturated rings. The molecule has 0 atom stereocenters. The van der Waals surface area contributed by atoms with Crippen molar-refractivity contribution in [2.75, 3.05) is 27.2 Å². The minimum absolute atomic E-state index is 0.166. The van der Waals surface area contributed by atoms with Gasteiger partial charge >= 0.3 is 0 Å². The molecule has 1 saturated heterocycles. The van der Waals surface area contributed by atoms with Crippen molar-refractivity contribution < 1.29 is 14.6 Å². The molecule has 4 heteroatoms. The summed E-state index contributed by atoms with van der Waals surface area (Å²) in [7, 11) is 3.86. The van der Waals surface area contributed by atoms with Crippen LogP contribution in [0.4, 0.5) is 0 Å². The zero-order valence-electron chi connectivity index (χ0n) is 13.5. The number of nitrogens with zero attached hydrogens (tertiary/aromatic N) is 1. The maximum atomic E-state index is 10.3. The molecule has 0 aliphatic carbocycles. The Balaban J connectivity index is 1.99. The normalized spacial score (nSPS) is 18.9. The fourth-order valence-corrected chi connectivity index (χ4v) is 4.01. The van der Waals surface area contributed by atoms with Gasteiger partial charge in [0.1, 0.15) is 11.5 Å². The van der Waals surface area contributed by atoms with Crippen molar-refractivity contribution in [1.82, 2.24) is 4.90 Å². The van der Waals surface area contributed by atoms with Crippen molar-refractivity contribution in [3.05, 3.63) is 47.5 Å². The summed E-state index contributed by atoms with van der Waals surface area (Å²) in [6.45, 7) is 2.01. The van der Waals surface area contributed by atoms with Crippen molar-refractivity contribution in [2.24, 2.45) is 0 Å². The number of phenolic OH excluding ortho intramolecular Hbond substituents is 1. The highest BCUT2D eigenvalue weighted by Crippen LogP contribution is 2.57. The molecule has 2 aromatic rings. The Morgan fingerprint density at radius 3 is 2.61 bits per heavy atom. The maximum Gasteiger partial charge on any atom is 0.173 e. The quantitative estimate of drug-likeness (QED) is 0.875. The predicted molar refractivity (Wildman–Crippen MR) is 88.7 cm³/mol. The van der Waals surface area contributed by atoms with Gasteiger partial charge in [-0.15, -0.1) is 0 Å². The van der Waals surface area contributed by atoms with Crippen LogP contribution in [0.3, 0.4) is 0 Å². The third-order valence-corrected chi connectivity index (χ3v) is 5.25. The summed E-state index contributed by atoms with van der Waals surface area (Å²) in [6.07, 6.45) is 1.97. The van der Waals surface area contributed by atoms with Crippen LogP contribution in [-0.2, 0) is 5.41 Å². The molecule has 1 N–H and O–H groups in total. The van der Waals surface area contributed by atoms with E-state index < -0.39 is 0 Å². The van der Waals surface area contributed by atoms with Gasteiger partial charge in [-0.2, -0.15) is 0 Å². The lowest BCUT2D eigenvalue weighted by Crippen LogP contribution is -2.43. The molecule has 0 radical (unpaired) electrons. The number of ether oxygens (including phenoxy) is 2. The molecule has 23 heavy (non-hydrogen) atoms. The van der Waals surface area contributed by atoms with E-state index in [1.807, 2.05) is 24.3 Å². The van der Waals surface area contributed by atoms with Crippen LogP contribution in [0.5, 0.6) is 23.0 Å². The second kappa shape index (κ2) is 5.17. The molecule has 0 unspecified atom stereocenters. The van der Waals surface area contributed by atoms with E-state index in [2.05, 4.69) is 18.0 Å². The highest BCUT2D eigenvalue weighted by atomic mass is 16.5. The number of aromatic hydroxyl groups is 1. The first-order chi connectivity index (χ1) is 11.2. The Morgan fingerprint density at radius 1 is 1.13 bits per heavy atom. The second-order valence-electron chi connectivity index (χ2n) is 6.47. The summed E-state index contributed by atoms with van der Waals surface area (Å²) < 4.78 is 11.7. The Labute approximate surface area is 136 Å². The van der Waals surface area contributed by atoms with E-state index in [4.69, 9.17) is 9.47 Å². The van der Waals surface area contributed by atoms with Gasteiger partial charge in [-0.25, -0.2) is 0 Å². The van der Waals surface area contributed by atoms with Gasteiger partial charge < -0.3 is 19.5 Å². The standard InChI is InChI=1S/C19H21NO3/c1-20-11-9-19(10-12-20)13-5-3-6-14(21)18(13)23-16-8-4-7-15(22-2)17(16)19/h3-8,21H,9-12H2,1-2H3. The van der Waals surface area contributed by atoms with Crippen LogP contribution >= 0.6 is 0 Å². The largest absolute Gasteiger partial charge is 0.504 e. The molecular formula is C19H21NO3. The van der Waals surface area contributed by atoms with Crippen LogP contribution in [0, 0.1) is 0 Å². The van der Waals surface area contributed by atoms with Crippen LogP contribution < -0.4 is 9.47 Å². The van der Waals surface area contributed by atoms with E-state index in [1.165, 1.54) is 0 Å². The molecule has 4 rings (SSSR count). The van der Waals surface area contributed by atoms with Crippen molar-refractivity contribution in [1.29, 1.82) is 0 Å². The summed E-state index contributed by atoms with van der Waals surface area (Å²) in [5.41, 5.74) is 2.03. The fourth-order valence-electron chi connectivity index (χ4n) is 4.01. The molecule has 1 spiro atoms. The summed E-state index contributed by atoms with van der Waals surface area (Å²) in [5, 5.41) is 10.3. The Morgan fingerprint density at radius 2 is 1.87 bits per heavy atom. The second-order valence-corrected chi connectivity index (χ2v) is 6.47. The van der Waals surface area contributed by atoms with E-state index in [1.54, 1.807) is 13.2 Å². The van der Waals surface area contributed by atoms with Crippen LogP contribution in [0.25, 0.3) is 0 Å². The molecule has 2 heterocycles. The Kier molecular flexibility index (Phi) is 3.23. The highest BCUT2D eigenvalue weighted by Gasteiger charge is 2.46. The predicted octanol–water partition coefficient (Wildman–Crippen LogP) is 3.52. The third kappa shape index (κ3) is 2.01. The Hall–Kier alpha value is -2.20. The monoisotopic (exact) mass is 311 g/mol. The first kappa shape index (κ1) is 14.4. The molecule has 2 aromatic carbocycles. The minimum atomic E-state index is -0.166. The number of benzene rings is 2. The van der Waals surface area contributed by atoms with E-state index in [-0.39, 0.29) is 11.2 Å². The van der Waals surface area contributed by atoms with Crippen molar-refractivity contribution in [3.63, 3.8) is 0 Å². The van der Waals surface area contributed by atoms with Gasteiger partial charge in [-0.3, -0.25) is 0 Å². The zero-order chi connectivity index (χ0) is 16.0. The lowest BCUT2D eigenvalue weighted by molar-refractivity contribution is 0.197. The lowest BCUT2D eigenvalue weighted by atomic mass is 9.66. The lowest BCUT2D eigenvalue weighted by Gasteiger charge is -2.45. The van der Waals surface area contributed by atoms with E-state index >= 15 is 0 Å². The van der Waals surface area contributed by atoms with E-state index in [9.17, 15) is 5.11 Å². The van der Waals surface area contributed by atoms with Gasteiger partial charge in [-0.1, -0.05) is 18.2 Å². The zero-order valence-corrected chi connectivity index (χ0v) is 13.5. The smallest absolute Gasteiger partial charge is 0.173 e. The van der Waals surface area contributed by atoms with Crippen LogP contribution in [0.2, 0.25) is 0 Å². The SMILES string of the molecule is COc1cccc2c1C1(CCN(C)CC1)c1cccc(O)c1O2. The molecule has 0 aromatic heterocycles. The number of hydrogen-bond donors (Lipinski definition) is 1. The van der Waals surface area contributed by atoms with Crippen molar-refractivity contribution in [3.8, 4) is 23.0 Å². The number of phenols is 1. The molecule has 0 bridgehead atoms. The number of rotatable bonds is 1. The summed E-state index contributed by atoms with van der Waals surface area (Å²) >= 11 is 0. The number of likely N-dealkylation sites (tertiary alicyclic amines) is 1. The number of para-hydroxylation sites is 1. The average Bonchev–Trinajstić information content (AvgIpc) is 2.58. The topological polar surface area (TPSA) is 41.9 Å². The fraction of sp³-hybridized carbons (Fsp3) is 0.368. The Bertz CT molecular complexity index is 748. The summed E-state index contributed by atoms with van der Waals surface area (Å²) in [4.78, 5) is 2.35. The van der Waals surface area contributed by atoms with Crippen LogP contribution in [0.1, 0.15) is 24.0 Å². The number of fused-ring (bicyclic) bond motifs is 4. The molecule has 2 aliphatic heterocycles. The molecule has 4 nitrogen and oxygen atoms in total. The van der Waals surface area contributed by atoms with Crippen LogP contribution in [0.15, 0.2) is 36.4 Å². The molecule has 2 aliphatic rings. The summed E-state index contributed by atoms with van der Waals surface area (Å²) in [5.74, 6) is 2.45. The summed E-state index contributed by atoms with van der Waals surface area (Å²) in [6, 6.07) is 11.6. The minimum Gasteiger partial charge on any atom is -0.504 e. The first-order valence-corrected chi connectivity index (χ1v) is 8.02. The molecule has 0 saturated carbocycles. The number of hydrogen-bond acceptors (Lipinski definition) is 4. The highest BCUT2D eigenvalue weighted by molar-refractivity contribution is 5.65. The molecular weight excluding hydrogens is 290 g/mol. The van der Waals surface area contributed by atoms with Crippen LogP contribution in [-0.4, -0.2) is 37.3 Å². The maximum absolute atomic E-state index is 10.3. The average molecular weight is 311 g/mol. The van der Waals surface area contributed by atoms with E-state index in [0.29, 0.717) is 5.75 Å². The van der Waals surface area contributed by atoms with Crippen molar-refractivity contribution >= 4 is 0 Å². The van der Waals surface area contributed by atoms with Gasteiger partial charge in [-0.05, 0) is 51.2 Å². The van der Waals surface area contributed by atoms with E-state index in [0.717, 1.165) is 48.6 Å². The van der Waals surface area contributed by atoms with Gasteiger partial charge in [0.15, 0.2) is 11.5 Å². The van der Waals surface area contributed by atoms with Gasteiger partial charge in [0.05, 0.1) is 7.11 Å². The van der Waals surface area contributed by atoms with Gasteiger partial charge in [0, 0.05) is 16.5 Å². The number of methoxy groups -OCH3 is 1. The first-order valence-electron chi connectivity index (χ1n) is 8.02. The molecule has 0 amide bonds. The van der Waals surface area contributed by atoms with Gasteiger partial charge in [0.2, 0.25) is 0 Å². The number of piperidine rings is 1. The van der Waals surface area contributed by atoms with Crippen molar-refractivity contribution in [2.45, 2.75) is 18.3 Å².